The van der Waals surface area contributed by atoms with Gasteiger partial charge in [0.05, 0.1) is 19.9 Å². The molecule has 0 amide bonds. The van der Waals surface area contributed by atoms with Gasteiger partial charge in [0.15, 0.2) is 11.5 Å². The topological polar surface area (TPSA) is 58.5 Å². The molecule has 4 rings (SSSR count). The molecule has 28 heavy (non-hydrogen) atoms. The van der Waals surface area contributed by atoms with Crippen molar-refractivity contribution in [3.63, 3.8) is 0 Å². The number of methoxy groups -OCH3 is 2. The maximum absolute atomic E-state index is 5.78. The highest BCUT2D eigenvalue weighted by molar-refractivity contribution is 6.03. The molecule has 1 atom stereocenters. The highest BCUT2D eigenvalue weighted by Crippen LogP contribution is 2.50. The zero-order valence-electron chi connectivity index (χ0n) is 16.9. The molecule has 0 aliphatic carbocycles. The van der Waals surface area contributed by atoms with Crippen LogP contribution in [0, 0.1) is 20.8 Å². The molecule has 2 aromatic carbocycles. The van der Waals surface area contributed by atoms with Crippen molar-refractivity contribution in [2.75, 3.05) is 21.0 Å². The van der Waals surface area contributed by atoms with Gasteiger partial charge in [-0.05, 0) is 38.0 Å². The molecule has 2 aliphatic heterocycles. The van der Waals surface area contributed by atoms with E-state index in [1.54, 1.807) is 14.2 Å². The summed E-state index contributed by atoms with van der Waals surface area (Å²) in [6.45, 7) is 6.51. The summed E-state index contributed by atoms with van der Waals surface area (Å²) in [5.41, 5.74) is 6.83. The van der Waals surface area contributed by atoms with E-state index in [1.807, 2.05) is 6.07 Å². The van der Waals surface area contributed by atoms with Crippen LogP contribution < -0.4 is 18.9 Å². The Labute approximate surface area is 165 Å². The van der Waals surface area contributed by atoms with E-state index in [0.29, 0.717) is 29.4 Å². The third kappa shape index (κ3) is 3.13. The fourth-order valence-corrected chi connectivity index (χ4v) is 4.16. The Hall–Kier alpha value is -2.89. The molecule has 0 spiro atoms. The molecule has 2 aliphatic rings. The number of hydrogen-bond acceptors (Lipinski definition) is 6. The first-order valence-electron chi connectivity index (χ1n) is 9.36. The Morgan fingerprint density at radius 2 is 1.71 bits per heavy atom. The third-order valence-electron chi connectivity index (χ3n) is 5.21. The van der Waals surface area contributed by atoms with E-state index in [1.165, 1.54) is 22.3 Å². The molecule has 148 valence electrons. The largest absolute Gasteiger partial charge is 0.493 e. The Balaban J connectivity index is 1.58. The summed E-state index contributed by atoms with van der Waals surface area (Å²) >= 11 is 0. The van der Waals surface area contributed by atoms with Gasteiger partial charge < -0.3 is 23.8 Å². The standard InChI is InChI=1S/C22H25NO5/c1-12-6-13(2)19(14(3)7-12)17-10-16(28-23-17)8-15-9-18(24-4)21-22(20(15)25-5)27-11-26-21/h6-7,9,16H,8,10-11H2,1-5H3. The molecule has 0 saturated heterocycles. The van der Waals surface area contributed by atoms with Crippen molar-refractivity contribution in [2.45, 2.75) is 39.7 Å². The maximum atomic E-state index is 5.78. The molecule has 2 aromatic rings. The molecule has 0 radical (unpaired) electrons. The van der Waals surface area contributed by atoms with Gasteiger partial charge in [-0.3, -0.25) is 0 Å². The van der Waals surface area contributed by atoms with Gasteiger partial charge in [-0.1, -0.05) is 22.9 Å². The predicted octanol–water partition coefficient (Wildman–Crippen LogP) is 4.09. The molecule has 0 bridgehead atoms. The van der Waals surface area contributed by atoms with E-state index < -0.39 is 0 Å². The lowest BCUT2D eigenvalue weighted by molar-refractivity contribution is 0.0853. The van der Waals surface area contributed by atoms with Crippen LogP contribution in [0.25, 0.3) is 0 Å². The van der Waals surface area contributed by atoms with Crippen LogP contribution in [-0.4, -0.2) is 32.8 Å². The van der Waals surface area contributed by atoms with Crippen LogP contribution in [0.3, 0.4) is 0 Å². The zero-order valence-corrected chi connectivity index (χ0v) is 16.9. The average Bonchev–Trinajstić information content (AvgIpc) is 3.30. The fraction of sp³-hybridized carbons (Fsp3) is 0.409. The third-order valence-corrected chi connectivity index (χ3v) is 5.21. The zero-order chi connectivity index (χ0) is 19.8. The Morgan fingerprint density at radius 3 is 2.39 bits per heavy atom. The van der Waals surface area contributed by atoms with Gasteiger partial charge >= 0.3 is 0 Å². The van der Waals surface area contributed by atoms with Crippen molar-refractivity contribution in [1.82, 2.24) is 0 Å². The molecule has 0 fully saturated rings. The van der Waals surface area contributed by atoms with E-state index in [9.17, 15) is 0 Å². The summed E-state index contributed by atoms with van der Waals surface area (Å²) < 4.78 is 22.2. The van der Waals surface area contributed by atoms with Gasteiger partial charge in [-0.15, -0.1) is 0 Å². The van der Waals surface area contributed by atoms with Crippen LogP contribution >= 0.6 is 0 Å². The summed E-state index contributed by atoms with van der Waals surface area (Å²) in [4.78, 5) is 5.78. The van der Waals surface area contributed by atoms with Gasteiger partial charge in [0.2, 0.25) is 18.3 Å². The lowest BCUT2D eigenvalue weighted by Crippen LogP contribution is -2.14. The van der Waals surface area contributed by atoms with Crippen molar-refractivity contribution < 1.29 is 23.8 Å². The lowest BCUT2D eigenvalue weighted by Gasteiger charge is -2.16. The molecule has 0 aromatic heterocycles. The Morgan fingerprint density at radius 1 is 1.00 bits per heavy atom. The van der Waals surface area contributed by atoms with Crippen LogP contribution in [0.4, 0.5) is 0 Å². The van der Waals surface area contributed by atoms with Crippen molar-refractivity contribution >= 4 is 5.71 Å². The van der Waals surface area contributed by atoms with Crippen molar-refractivity contribution in [2.24, 2.45) is 5.16 Å². The van der Waals surface area contributed by atoms with Gasteiger partial charge in [-0.25, -0.2) is 0 Å². The molecule has 1 unspecified atom stereocenters. The molecule has 0 saturated carbocycles. The first kappa shape index (κ1) is 18.5. The summed E-state index contributed by atoms with van der Waals surface area (Å²) in [6.07, 6.45) is 1.30. The predicted molar refractivity (Wildman–Crippen MR) is 106 cm³/mol. The number of rotatable bonds is 5. The minimum Gasteiger partial charge on any atom is -0.493 e. The number of nitrogens with zero attached hydrogens (tertiary/aromatic N) is 1. The second kappa shape index (κ2) is 7.26. The molecule has 2 heterocycles. The van der Waals surface area contributed by atoms with Gasteiger partial charge in [0, 0.05) is 24.0 Å². The van der Waals surface area contributed by atoms with Crippen molar-refractivity contribution in [3.8, 4) is 23.0 Å². The normalized spacial score (nSPS) is 17.3. The van der Waals surface area contributed by atoms with E-state index in [2.05, 4.69) is 38.1 Å². The van der Waals surface area contributed by atoms with E-state index in [0.717, 1.165) is 17.7 Å². The number of oxime groups is 1. The molecule has 6 nitrogen and oxygen atoms in total. The highest BCUT2D eigenvalue weighted by Gasteiger charge is 2.31. The Bertz CT molecular complexity index is 927. The maximum Gasteiger partial charge on any atom is 0.231 e. The van der Waals surface area contributed by atoms with Crippen LogP contribution in [0.5, 0.6) is 23.0 Å². The summed E-state index contributed by atoms with van der Waals surface area (Å²) in [5.74, 6) is 2.46. The second-order valence-electron chi connectivity index (χ2n) is 7.28. The van der Waals surface area contributed by atoms with E-state index in [4.69, 9.17) is 23.8 Å². The van der Waals surface area contributed by atoms with Gasteiger partial charge in [0.1, 0.15) is 6.10 Å². The highest BCUT2D eigenvalue weighted by atomic mass is 16.7. The van der Waals surface area contributed by atoms with Crippen LogP contribution in [0.1, 0.15) is 34.2 Å². The van der Waals surface area contributed by atoms with Crippen LogP contribution in [-0.2, 0) is 11.3 Å². The lowest BCUT2D eigenvalue weighted by atomic mass is 9.92. The van der Waals surface area contributed by atoms with E-state index >= 15 is 0 Å². The first-order valence-corrected chi connectivity index (χ1v) is 9.36. The van der Waals surface area contributed by atoms with Gasteiger partial charge in [0.25, 0.3) is 0 Å². The smallest absolute Gasteiger partial charge is 0.231 e. The van der Waals surface area contributed by atoms with Crippen LogP contribution in [0.15, 0.2) is 23.4 Å². The van der Waals surface area contributed by atoms with Crippen molar-refractivity contribution in [1.29, 1.82) is 0 Å². The van der Waals surface area contributed by atoms with Crippen LogP contribution in [0.2, 0.25) is 0 Å². The number of benzene rings is 2. The Kier molecular flexibility index (Phi) is 4.79. The second-order valence-corrected chi connectivity index (χ2v) is 7.28. The quantitative estimate of drug-likeness (QED) is 0.778. The molecular weight excluding hydrogens is 358 g/mol. The molecular formula is C22H25NO5. The first-order chi connectivity index (χ1) is 13.5. The minimum atomic E-state index is -0.0749. The SMILES string of the molecule is COc1cc(CC2CC(c3c(C)cc(C)cc3C)=NO2)c(OC)c2c1OCO2. The summed E-state index contributed by atoms with van der Waals surface area (Å²) in [7, 11) is 3.24. The number of aryl methyl sites for hydroxylation is 3. The van der Waals surface area contributed by atoms with Crippen molar-refractivity contribution in [3.05, 3.63) is 46.0 Å². The fourth-order valence-electron chi connectivity index (χ4n) is 4.16. The molecule has 6 heteroatoms. The van der Waals surface area contributed by atoms with E-state index in [-0.39, 0.29) is 12.9 Å². The summed E-state index contributed by atoms with van der Waals surface area (Å²) in [6, 6.07) is 6.30. The number of ether oxygens (including phenoxy) is 4. The average molecular weight is 383 g/mol. The number of hydrogen-bond donors (Lipinski definition) is 0. The minimum absolute atomic E-state index is 0.0749. The number of fused-ring (bicyclic) bond motifs is 1. The molecule has 0 N–H and O–H groups in total. The van der Waals surface area contributed by atoms with Gasteiger partial charge in [-0.2, -0.15) is 0 Å². The summed E-state index contributed by atoms with van der Waals surface area (Å²) in [5, 5.41) is 4.39. The monoisotopic (exact) mass is 383 g/mol.